The number of aryl methyl sites for hydroxylation is 2. The van der Waals surface area contributed by atoms with Gasteiger partial charge in [0.05, 0.1) is 23.0 Å². The third-order valence-electron chi connectivity index (χ3n) is 4.26. The average Bonchev–Trinajstić information content (AvgIpc) is 2.60. The van der Waals surface area contributed by atoms with Crippen LogP contribution in [0.15, 0.2) is 42.5 Å². The predicted molar refractivity (Wildman–Crippen MR) is 91.0 cm³/mol. The highest BCUT2D eigenvalue weighted by Crippen LogP contribution is 2.33. The Bertz CT molecular complexity index is 759. The minimum atomic E-state index is 0.105. The van der Waals surface area contributed by atoms with Crippen molar-refractivity contribution in [3.05, 3.63) is 59.2 Å². The molecule has 4 heteroatoms. The molecular formula is C19H19N3O. The van der Waals surface area contributed by atoms with Crippen molar-refractivity contribution in [2.45, 2.75) is 25.7 Å². The maximum Gasteiger partial charge on any atom is 0.227 e. The number of nitrogen functional groups attached to an aromatic ring is 1. The minimum Gasteiger partial charge on any atom is -0.397 e. The summed E-state index contributed by atoms with van der Waals surface area (Å²) in [5.74, 6) is 0.105. The Balaban J connectivity index is 1.71. The fraction of sp³-hybridized carbons (Fsp3) is 0.263. The van der Waals surface area contributed by atoms with Crippen LogP contribution in [0.4, 0.5) is 11.4 Å². The van der Waals surface area contributed by atoms with Crippen LogP contribution in [-0.2, 0) is 17.6 Å². The summed E-state index contributed by atoms with van der Waals surface area (Å²) in [4.78, 5) is 14.5. The zero-order chi connectivity index (χ0) is 16.2. The molecule has 2 aromatic rings. The van der Waals surface area contributed by atoms with E-state index in [0.717, 1.165) is 36.2 Å². The molecule has 1 heterocycles. The molecule has 0 bridgehead atoms. The first-order valence-electron chi connectivity index (χ1n) is 7.86. The van der Waals surface area contributed by atoms with Crippen LogP contribution in [-0.4, -0.2) is 12.5 Å². The number of nitriles is 1. The number of hydrogen-bond donors (Lipinski definition) is 1. The number of carbonyl (C=O) groups is 1. The molecule has 0 fully saturated rings. The number of hydrogen-bond acceptors (Lipinski definition) is 3. The van der Waals surface area contributed by atoms with E-state index in [-0.39, 0.29) is 5.91 Å². The van der Waals surface area contributed by atoms with Crippen molar-refractivity contribution in [3.8, 4) is 6.07 Å². The first kappa shape index (κ1) is 15.1. The summed E-state index contributed by atoms with van der Waals surface area (Å²) in [6, 6.07) is 15.3. The fourth-order valence-corrected chi connectivity index (χ4v) is 3.06. The maximum absolute atomic E-state index is 12.6. The SMILES string of the molecule is N#Cc1ccc(CCC(=O)N2CCCc3cccc(N)c32)cc1. The van der Waals surface area contributed by atoms with E-state index in [4.69, 9.17) is 11.0 Å². The summed E-state index contributed by atoms with van der Waals surface area (Å²) in [6.45, 7) is 0.730. The standard InChI is InChI=1S/C19H19N3O/c20-13-15-8-6-14(7-9-15)10-11-18(23)22-12-2-4-16-3-1-5-17(21)19(16)22/h1,3,5-9H,2,4,10-12,21H2. The molecule has 0 atom stereocenters. The van der Waals surface area contributed by atoms with Crippen molar-refractivity contribution in [1.29, 1.82) is 5.26 Å². The molecular weight excluding hydrogens is 286 g/mol. The number of anilines is 2. The highest BCUT2D eigenvalue weighted by molar-refractivity contribution is 5.98. The van der Waals surface area contributed by atoms with Crippen LogP contribution >= 0.6 is 0 Å². The van der Waals surface area contributed by atoms with E-state index in [0.29, 0.717) is 24.1 Å². The number of fused-ring (bicyclic) bond motifs is 1. The Kier molecular flexibility index (Phi) is 4.29. The molecule has 0 unspecified atom stereocenters. The van der Waals surface area contributed by atoms with Crippen molar-refractivity contribution < 1.29 is 4.79 Å². The van der Waals surface area contributed by atoms with Crippen LogP contribution in [0.3, 0.4) is 0 Å². The third-order valence-corrected chi connectivity index (χ3v) is 4.26. The van der Waals surface area contributed by atoms with Gasteiger partial charge in [-0.3, -0.25) is 4.79 Å². The maximum atomic E-state index is 12.6. The van der Waals surface area contributed by atoms with Crippen LogP contribution < -0.4 is 10.6 Å². The second-order valence-corrected chi connectivity index (χ2v) is 5.81. The highest BCUT2D eigenvalue weighted by atomic mass is 16.2. The third kappa shape index (κ3) is 3.19. The van der Waals surface area contributed by atoms with Gasteiger partial charge in [-0.05, 0) is 48.6 Å². The van der Waals surface area contributed by atoms with Crippen molar-refractivity contribution in [2.75, 3.05) is 17.2 Å². The summed E-state index contributed by atoms with van der Waals surface area (Å²) in [6.07, 6.45) is 3.06. The zero-order valence-electron chi connectivity index (χ0n) is 13.0. The molecule has 0 aromatic heterocycles. The molecule has 2 aromatic carbocycles. The molecule has 23 heavy (non-hydrogen) atoms. The van der Waals surface area contributed by atoms with Gasteiger partial charge in [-0.15, -0.1) is 0 Å². The number of benzene rings is 2. The van der Waals surface area contributed by atoms with Gasteiger partial charge in [-0.2, -0.15) is 5.26 Å². The first-order valence-corrected chi connectivity index (χ1v) is 7.86. The van der Waals surface area contributed by atoms with Gasteiger partial charge in [0.1, 0.15) is 0 Å². The topological polar surface area (TPSA) is 70.1 Å². The van der Waals surface area contributed by atoms with Gasteiger partial charge in [-0.1, -0.05) is 24.3 Å². The van der Waals surface area contributed by atoms with E-state index in [1.54, 1.807) is 12.1 Å². The zero-order valence-corrected chi connectivity index (χ0v) is 13.0. The average molecular weight is 305 g/mol. The molecule has 1 amide bonds. The van der Waals surface area contributed by atoms with Crippen LogP contribution in [0.25, 0.3) is 0 Å². The molecule has 116 valence electrons. The second kappa shape index (κ2) is 6.53. The highest BCUT2D eigenvalue weighted by Gasteiger charge is 2.24. The van der Waals surface area contributed by atoms with Crippen LogP contribution in [0.2, 0.25) is 0 Å². The predicted octanol–water partition coefficient (Wildman–Crippen LogP) is 3.05. The lowest BCUT2D eigenvalue weighted by Gasteiger charge is -2.30. The van der Waals surface area contributed by atoms with Crippen molar-refractivity contribution in [3.63, 3.8) is 0 Å². The van der Waals surface area contributed by atoms with Crippen LogP contribution in [0.1, 0.15) is 29.5 Å². The first-order chi connectivity index (χ1) is 11.2. The van der Waals surface area contributed by atoms with E-state index in [1.807, 2.05) is 35.2 Å². The fourth-order valence-electron chi connectivity index (χ4n) is 3.06. The molecule has 0 saturated carbocycles. The van der Waals surface area contributed by atoms with Gasteiger partial charge in [0, 0.05) is 13.0 Å². The smallest absolute Gasteiger partial charge is 0.227 e. The molecule has 0 radical (unpaired) electrons. The molecule has 0 aliphatic carbocycles. The molecule has 2 N–H and O–H groups in total. The van der Waals surface area contributed by atoms with E-state index < -0.39 is 0 Å². The number of carbonyl (C=O) groups excluding carboxylic acids is 1. The summed E-state index contributed by atoms with van der Waals surface area (Å²) in [7, 11) is 0. The van der Waals surface area contributed by atoms with E-state index in [1.165, 1.54) is 0 Å². The summed E-state index contributed by atoms with van der Waals surface area (Å²) < 4.78 is 0. The van der Waals surface area contributed by atoms with E-state index in [9.17, 15) is 4.79 Å². The Morgan fingerprint density at radius 1 is 1.22 bits per heavy atom. The van der Waals surface area contributed by atoms with Gasteiger partial charge in [0.2, 0.25) is 5.91 Å². The van der Waals surface area contributed by atoms with E-state index >= 15 is 0 Å². The largest absolute Gasteiger partial charge is 0.397 e. The van der Waals surface area contributed by atoms with E-state index in [2.05, 4.69) is 6.07 Å². The van der Waals surface area contributed by atoms with Gasteiger partial charge < -0.3 is 10.6 Å². The Morgan fingerprint density at radius 2 is 2.00 bits per heavy atom. The normalized spacial score (nSPS) is 13.3. The monoisotopic (exact) mass is 305 g/mol. The van der Waals surface area contributed by atoms with Crippen molar-refractivity contribution in [2.24, 2.45) is 0 Å². The summed E-state index contributed by atoms with van der Waals surface area (Å²) in [5, 5.41) is 8.81. The molecule has 1 aliphatic rings. The summed E-state index contributed by atoms with van der Waals surface area (Å²) >= 11 is 0. The van der Waals surface area contributed by atoms with Crippen molar-refractivity contribution >= 4 is 17.3 Å². The lowest BCUT2D eigenvalue weighted by molar-refractivity contribution is -0.118. The molecule has 4 nitrogen and oxygen atoms in total. The second-order valence-electron chi connectivity index (χ2n) is 5.81. The molecule has 3 rings (SSSR count). The molecule has 0 saturated heterocycles. The lowest BCUT2D eigenvalue weighted by atomic mass is 9.99. The lowest BCUT2D eigenvalue weighted by Crippen LogP contribution is -2.36. The minimum absolute atomic E-state index is 0.105. The van der Waals surface area contributed by atoms with Gasteiger partial charge in [0.25, 0.3) is 0 Å². The number of para-hydroxylation sites is 1. The number of nitrogens with two attached hydrogens (primary N) is 1. The molecule has 1 aliphatic heterocycles. The van der Waals surface area contributed by atoms with Gasteiger partial charge in [-0.25, -0.2) is 0 Å². The quantitative estimate of drug-likeness (QED) is 0.886. The van der Waals surface area contributed by atoms with Crippen LogP contribution in [0, 0.1) is 11.3 Å². The van der Waals surface area contributed by atoms with Gasteiger partial charge in [0.15, 0.2) is 0 Å². The van der Waals surface area contributed by atoms with Crippen molar-refractivity contribution in [1.82, 2.24) is 0 Å². The van der Waals surface area contributed by atoms with Gasteiger partial charge >= 0.3 is 0 Å². The molecule has 0 spiro atoms. The summed E-state index contributed by atoms with van der Waals surface area (Å²) in [5.41, 5.74) is 10.5. The number of rotatable bonds is 3. The Morgan fingerprint density at radius 3 is 2.74 bits per heavy atom. The number of amides is 1. The Labute approximate surface area is 136 Å². The van der Waals surface area contributed by atoms with Crippen LogP contribution in [0.5, 0.6) is 0 Å². The number of nitrogens with zero attached hydrogens (tertiary/aromatic N) is 2. The Hall–Kier alpha value is -2.80.